The molecule has 0 unspecified atom stereocenters. The first kappa shape index (κ1) is 17.6. The van der Waals surface area contributed by atoms with Gasteiger partial charge < -0.3 is 4.90 Å². The highest BCUT2D eigenvalue weighted by Crippen LogP contribution is 2.20. The number of amides is 1. The van der Waals surface area contributed by atoms with Crippen LogP contribution in [0.25, 0.3) is 5.78 Å². The van der Waals surface area contributed by atoms with Gasteiger partial charge in [0.25, 0.3) is 5.78 Å². The van der Waals surface area contributed by atoms with Gasteiger partial charge in [0.15, 0.2) is 5.16 Å². The first-order valence-electron chi connectivity index (χ1n) is 7.81. The number of rotatable bonds is 7. The molecule has 3 heterocycles. The van der Waals surface area contributed by atoms with Crippen molar-refractivity contribution >= 4 is 34.8 Å². The highest BCUT2D eigenvalue weighted by molar-refractivity contribution is 7.99. The Balaban J connectivity index is 1.71. The van der Waals surface area contributed by atoms with Crippen molar-refractivity contribution in [1.82, 2.24) is 24.5 Å². The summed E-state index contributed by atoms with van der Waals surface area (Å²) < 4.78 is 1.88. The third kappa shape index (κ3) is 4.08. The fourth-order valence-corrected chi connectivity index (χ4v) is 4.12. The number of thiophene rings is 1. The van der Waals surface area contributed by atoms with Gasteiger partial charge in [0, 0.05) is 22.8 Å². The Kier molecular flexibility index (Phi) is 5.50. The smallest absolute Gasteiger partial charge is 0.256 e. The molecule has 3 rings (SSSR count). The standard InChI is InChI=1S/C17H19N5OS2/c1-4-7-21(10-14-6-5-8-24-14)15(23)11-25-17-20-19-16-18-12(2)9-13(3)22(16)17/h4-6,8-9H,1,7,10-11H2,2-3H3. The second-order valence-electron chi connectivity index (χ2n) is 5.59. The molecule has 3 aromatic rings. The van der Waals surface area contributed by atoms with Crippen LogP contribution >= 0.6 is 23.1 Å². The van der Waals surface area contributed by atoms with Crippen molar-refractivity contribution in [3.05, 3.63) is 52.5 Å². The van der Waals surface area contributed by atoms with E-state index in [1.807, 2.05) is 41.8 Å². The van der Waals surface area contributed by atoms with E-state index in [-0.39, 0.29) is 5.91 Å². The van der Waals surface area contributed by atoms with Crippen LogP contribution in [0, 0.1) is 13.8 Å². The number of carbonyl (C=O) groups is 1. The van der Waals surface area contributed by atoms with Gasteiger partial charge in [-0.25, -0.2) is 4.98 Å². The molecule has 0 aliphatic carbocycles. The number of carbonyl (C=O) groups excluding carboxylic acids is 1. The summed E-state index contributed by atoms with van der Waals surface area (Å²) in [5.41, 5.74) is 1.90. The summed E-state index contributed by atoms with van der Waals surface area (Å²) in [5, 5.41) is 11.0. The molecule has 0 aliphatic rings. The summed E-state index contributed by atoms with van der Waals surface area (Å²) in [6.07, 6.45) is 1.75. The minimum atomic E-state index is 0.0489. The van der Waals surface area contributed by atoms with E-state index < -0.39 is 0 Å². The van der Waals surface area contributed by atoms with Gasteiger partial charge in [0.1, 0.15) is 0 Å². The quantitative estimate of drug-likeness (QED) is 0.470. The van der Waals surface area contributed by atoms with Gasteiger partial charge in [-0.1, -0.05) is 23.9 Å². The summed E-state index contributed by atoms with van der Waals surface area (Å²) in [5.74, 6) is 0.912. The molecule has 3 aromatic heterocycles. The molecule has 130 valence electrons. The molecule has 0 bridgehead atoms. The van der Waals surface area contributed by atoms with Crippen molar-refractivity contribution < 1.29 is 4.79 Å². The lowest BCUT2D eigenvalue weighted by molar-refractivity contribution is -0.128. The monoisotopic (exact) mass is 373 g/mol. The maximum Gasteiger partial charge on any atom is 0.256 e. The number of hydrogen-bond donors (Lipinski definition) is 0. The van der Waals surface area contributed by atoms with Gasteiger partial charge in [-0.2, -0.15) is 0 Å². The maximum absolute atomic E-state index is 12.6. The molecule has 0 saturated heterocycles. The average Bonchev–Trinajstić information content (AvgIpc) is 3.21. The summed E-state index contributed by atoms with van der Waals surface area (Å²) >= 11 is 3.02. The Morgan fingerprint density at radius 1 is 1.44 bits per heavy atom. The molecule has 25 heavy (non-hydrogen) atoms. The lowest BCUT2D eigenvalue weighted by Crippen LogP contribution is -2.31. The van der Waals surface area contributed by atoms with Crippen LogP contribution in [0.1, 0.15) is 16.3 Å². The summed E-state index contributed by atoms with van der Waals surface area (Å²) in [6.45, 7) is 8.79. The first-order chi connectivity index (χ1) is 12.1. The summed E-state index contributed by atoms with van der Waals surface area (Å²) in [4.78, 5) is 19.9. The number of fused-ring (bicyclic) bond motifs is 1. The molecule has 8 heteroatoms. The van der Waals surface area contributed by atoms with Gasteiger partial charge in [0.05, 0.1) is 12.3 Å². The Hall–Kier alpha value is -2.19. The highest BCUT2D eigenvalue weighted by atomic mass is 32.2. The molecule has 0 atom stereocenters. The predicted octanol–water partition coefficient (Wildman–Crippen LogP) is 3.11. The largest absolute Gasteiger partial charge is 0.333 e. The van der Waals surface area contributed by atoms with Crippen molar-refractivity contribution in [1.29, 1.82) is 0 Å². The molecular formula is C17H19N5OS2. The van der Waals surface area contributed by atoms with E-state index in [1.165, 1.54) is 11.8 Å². The van der Waals surface area contributed by atoms with Crippen LogP contribution in [-0.2, 0) is 11.3 Å². The molecule has 0 fully saturated rings. The van der Waals surface area contributed by atoms with E-state index in [0.29, 0.717) is 29.8 Å². The van der Waals surface area contributed by atoms with Crippen molar-refractivity contribution in [3.63, 3.8) is 0 Å². The van der Waals surface area contributed by atoms with Gasteiger partial charge in [-0.15, -0.1) is 28.1 Å². The molecule has 1 amide bonds. The van der Waals surface area contributed by atoms with E-state index >= 15 is 0 Å². The molecular weight excluding hydrogens is 354 g/mol. The first-order valence-corrected chi connectivity index (χ1v) is 9.68. The van der Waals surface area contributed by atoms with Crippen LogP contribution < -0.4 is 0 Å². The third-order valence-electron chi connectivity index (χ3n) is 3.62. The minimum Gasteiger partial charge on any atom is -0.333 e. The minimum absolute atomic E-state index is 0.0489. The number of aryl methyl sites for hydroxylation is 2. The van der Waals surface area contributed by atoms with Crippen LogP contribution in [0.15, 0.2) is 41.4 Å². The Morgan fingerprint density at radius 2 is 2.28 bits per heavy atom. The zero-order valence-corrected chi connectivity index (χ0v) is 15.8. The van der Waals surface area contributed by atoms with Gasteiger partial charge in [-0.3, -0.25) is 9.20 Å². The predicted molar refractivity (Wildman–Crippen MR) is 101 cm³/mol. The van der Waals surface area contributed by atoms with Gasteiger partial charge in [0.2, 0.25) is 5.91 Å². The van der Waals surface area contributed by atoms with Gasteiger partial charge in [-0.05, 0) is 31.4 Å². The number of thioether (sulfide) groups is 1. The van der Waals surface area contributed by atoms with Crippen LogP contribution in [0.4, 0.5) is 0 Å². The zero-order chi connectivity index (χ0) is 17.8. The van der Waals surface area contributed by atoms with Crippen molar-refractivity contribution in [2.24, 2.45) is 0 Å². The van der Waals surface area contributed by atoms with Crippen LogP contribution in [0.3, 0.4) is 0 Å². The van der Waals surface area contributed by atoms with E-state index in [1.54, 1.807) is 22.3 Å². The van der Waals surface area contributed by atoms with E-state index in [9.17, 15) is 4.79 Å². The Labute approximate surface area is 154 Å². The van der Waals surface area contributed by atoms with E-state index in [2.05, 4.69) is 21.8 Å². The summed E-state index contributed by atoms with van der Waals surface area (Å²) in [7, 11) is 0. The second kappa shape index (κ2) is 7.79. The van der Waals surface area contributed by atoms with E-state index in [4.69, 9.17) is 0 Å². The van der Waals surface area contributed by atoms with Crippen molar-refractivity contribution in [3.8, 4) is 0 Å². The molecule has 0 saturated carbocycles. The SMILES string of the molecule is C=CCN(Cc1cccs1)C(=O)CSc1nnc2nc(C)cc(C)n12. The second-order valence-corrected chi connectivity index (χ2v) is 7.56. The van der Waals surface area contributed by atoms with Crippen LogP contribution in [0.5, 0.6) is 0 Å². The maximum atomic E-state index is 12.6. The third-order valence-corrected chi connectivity index (χ3v) is 5.39. The van der Waals surface area contributed by atoms with E-state index in [0.717, 1.165) is 16.3 Å². The molecule has 0 spiro atoms. The molecule has 0 aromatic carbocycles. The lowest BCUT2D eigenvalue weighted by atomic mass is 10.3. The topological polar surface area (TPSA) is 63.4 Å². The zero-order valence-electron chi connectivity index (χ0n) is 14.2. The summed E-state index contributed by atoms with van der Waals surface area (Å²) in [6, 6.07) is 6.00. The van der Waals surface area contributed by atoms with Gasteiger partial charge >= 0.3 is 0 Å². The number of aromatic nitrogens is 4. The number of hydrogen-bond acceptors (Lipinski definition) is 6. The normalized spacial score (nSPS) is 11.0. The highest BCUT2D eigenvalue weighted by Gasteiger charge is 2.16. The Morgan fingerprint density at radius 3 is 3.00 bits per heavy atom. The van der Waals surface area contributed by atoms with Crippen LogP contribution in [-0.4, -0.2) is 42.7 Å². The molecule has 6 nitrogen and oxygen atoms in total. The fraction of sp³-hybridized carbons (Fsp3) is 0.294. The number of nitrogens with zero attached hydrogens (tertiary/aromatic N) is 5. The molecule has 0 N–H and O–H groups in total. The fourth-order valence-electron chi connectivity index (χ4n) is 2.51. The van der Waals surface area contributed by atoms with Crippen molar-refractivity contribution in [2.45, 2.75) is 25.5 Å². The molecule has 0 radical (unpaired) electrons. The van der Waals surface area contributed by atoms with Crippen molar-refractivity contribution in [2.75, 3.05) is 12.3 Å². The lowest BCUT2D eigenvalue weighted by Gasteiger charge is -2.20. The molecule has 0 aliphatic heterocycles. The van der Waals surface area contributed by atoms with Crippen LogP contribution in [0.2, 0.25) is 0 Å². The Bertz CT molecular complexity index is 888. The average molecular weight is 374 g/mol.